The summed E-state index contributed by atoms with van der Waals surface area (Å²) in [6.07, 6.45) is 0. The molecule has 0 aliphatic rings. The molecular formula is C14H12N2O4Se. The Kier molecular flexibility index (Phi) is 5.03. The van der Waals surface area contributed by atoms with Crippen LogP contribution in [-0.4, -0.2) is 24.8 Å². The van der Waals surface area contributed by atoms with E-state index in [1.54, 1.807) is 24.3 Å². The van der Waals surface area contributed by atoms with Gasteiger partial charge in [-0.3, -0.25) is 0 Å². The maximum absolute atomic E-state index is 10.5. The molecule has 0 aromatic heterocycles. The predicted molar refractivity (Wildman–Crippen MR) is 79.4 cm³/mol. The Labute approximate surface area is 127 Å². The van der Waals surface area contributed by atoms with Crippen molar-refractivity contribution in [2.24, 2.45) is 0 Å². The van der Waals surface area contributed by atoms with Gasteiger partial charge in [-0.05, 0) is 0 Å². The first-order valence-corrected chi connectivity index (χ1v) is 8.53. The summed E-state index contributed by atoms with van der Waals surface area (Å²) in [7, 11) is 0. The van der Waals surface area contributed by atoms with Crippen molar-refractivity contribution in [3.05, 3.63) is 79.9 Å². The Morgan fingerprint density at radius 1 is 0.714 bits per heavy atom. The molecular weight excluding hydrogens is 339 g/mol. The van der Waals surface area contributed by atoms with Crippen LogP contribution in [0.5, 0.6) is 0 Å². The molecule has 0 fully saturated rings. The topological polar surface area (TPSA) is 86.3 Å². The molecule has 7 heteroatoms. The molecule has 0 heterocycles. The van der Waals surface area contributed by atoms with Gasteiger partial charge in [0.15, 0.2) is 0 Å². The van der Waals surface area contributed by atoms with Gasteiger partial charge < -0.3 is 0 Å². The molecule has 0 saturated heterocycles. The summed E-state index contributed by atoms with van der Waals surface area (Å²) in [4.78, 5) is 20.3. The van der Waals surface area contributed by atoms with Crippen LogP contribution >= 0.6 is 0 Å². The SMILES string of the molecule is O=[N+]([O-])c1ccc(C[Se]Cc2ccc([N+](=O)[O-])cc2)cc1. The number of non-ortho nitro benzene ring substituents is 2. The zero-order valence-electron chi connectivity index (χ0n) is 11.0. The molecule has 2 aromatic carbocycles. The van der Waals surface area contributed by atoms with Gasteiger partial charge in [-0.1, -0.05) is 0 Å². The number of nitro groups is 2. The molecule has 6 nitrogen and oxygen atoms in total. The van der Waals surface area contributed by atoms with Gasteiger partial charge in [0.05, 0.1) is 0 Å². The number of rotatable bonds is 6. The van der Waals surface area contributed by atoms with Gasteiger partial charge in [-0.2, -0.15) is 0 Å². The summed E-state index contributed by atoms with van der Waals surface area (Å²) < 4.78 is 0. The van der Waals surface area contributed by atoms with Crippen LogP contribution in [0, 0.1) is 20.2 Å². The summed E-state index contributed by atoms with van der Waals surface area (Å²) >= 11 is 0.312. The van der Waals surface area contributed by atoms with Crippen molar-refractivity contribution in [3.8, 4) is 0 Å². The average molecular weight is 351 g/mol. The Morgan fingerprint density at radius 2 is 1.05 bits per heavy atom. The van der Waals surface area contributed by atoms with Crippen molar-refractivity contribution in [3.63, 3.8) is 0 Å². The Morgan fingerprint density at radius 3 is 1.33 bits per heavy atom. The minimum atomic E-state index is -0.411. The fourth-order valence-corrected chi connectivity index (χ4v) is 3.73. The molecule has 0 aliphatic heterocycles. The molecule has 2 rings (SSSR count). The first-order chi connectivity index (χ1) is 10.1. The van der Waals surface area contributed by atoms with E-state index in [2.05, 4.69) is 0 Å². The molecule has 2 aromatic rings. The summed E-state index contributed by atoms with van der Waals surface area (Å²) in [6, 6.07) is 13.1. The zero-order chi connectivity index (χ0) is 15.2. The van der Waals surface area contributed by atoms with E-state index < -0.39 is 9.85 Å². The third kappa shape index (κ3) is 4.37. The van der Waals surface area contributed by atoms with Crippen molar-refractivity contribution in [2.45, 2.75) is 10.6 Å². The molecule has 0 spiro atoms. The molecule has 0 radical (unpaired) electrons. The monoisotopic (exact) mass is 352 g/mol. The van der Waals surface area contributed by atoms with E-state index in [4.69, 9.17) is 0 Å². The summed E-state index contributed by atoms with van der Waals surface area (Å²) in [6.45, 7) is 0. The molecule has 21 heavy (non-hydrogen) atoms. The average Bonchev–Trinajstić information content (AvgIpc) is 2.48. The van der Waals surface area contributed by atoms with Gasteiger partial charge >= 0.3 is 127 Å². The van der Waals surface area contributed by atoms with Crippen LogP contribution in [0.15, 0.2) is 48.5 Å². The van der Waals surface area contributed by atoms with Crippen molar-refractivity contribution in [2.75, 3.05) is 0 Å². The van der Waals surface area contributed by atoms with Crippen molar-refractivity contribution >= 4 is 26.3 Å². The van der Waals surface area contributed by atoms with E-state index in [1.165, 1.54) is 24.3 Å². The van der Waals surface area contributed by atoms with Crippen LogP contribution in [0.1, 0.15) is 11.1 Å². The quantitative estimate of drug-likeness (QED) is 0.455. The molecule has 0 bridgehead atoms. The van der Waals surface area contributed by atoms with Crippen LogP contribution in [0.25, 0.3) is 0 Å². The molecule has 0 saturated carbocycles. The zero-order valence-corrected chi connectivity index (χ0v) is 12.7. The number of hydrogen-bond donors (Lipinski definition) is 0. The van der Waals surface area contributed by atoms with Gasteiger partial charge in [-0.25, -0.2) is 0 Å². The molecule has 0 N–H and O–H groups in total. The Hall–Kier alpha value is -2.24. The fourth-order valence-electron chi connectivity index (χ4n) is 1.71. The number of nitrogens with zero attached hydrogens (tertiary/aromatic N) is 2. The van der Waals surface area contributed by atoms with Gasteiger partial charge in [0.1, 0.15) is 0 Å². The van der Waals surface area contributed by atoms with Crippen LogP contribution < -0.4 is 0 Å². The second kappa shape index (κ2) is 6.97. The maximum atomic E-state index is 10.5. The second-order valence-corrected chi connectivity index (χ2v) is 6.41. The molecule has 108 valence electrons. The van der Waals surface area contributed by atoms with Crippen molar-refractivity contribution in [1.29, 1.82) is 0 Å². The number of nitro benzene ring substituents is 2. The standard InChI is InChI=1S/C14H12N2O4Se/c17-15(18)13-5-1-11(2-6-13)9-21-10-12-3-7-14(8-4-12)16(19)20/h1-8H,9-10H2. The first kappa shape index (κ1) is 15.2. The molecule has 0 atom stereocenters. The number of hydrogen-bond acceptors (Lipinski definition) is 4. The van der Waals surface area contributed by atoms with E-state index in [0.29, 0.717) is 15.0 Å². The summed E-state index contributed by atoms with van der Waals surface area (Å²) in [5.74, 6) is 0. The summed E-state index contributed by atoms with van der Waals surface area (Å²) in [5, 5.41) is 22.9. The second-order valence-electron chi connectivity index (χ2n) is 4.34. The van der Waals surface area contributed by atoms with Crippen molar-refractivity contribution < 1.29 is 9.85 Å². The van der Waals surface area contributed by atoms with E-state index in [0.717, 1.165) is 21.8 Å². The van der Waals surface area contributed by atoms with Gasteiger partial charge in [0, 0.05) is 0 Å². The van der Waals surface area contributed by atoms with Crippen LogP contribution in [0.2, 0.25) is 0 Å². The predicted octanol–water partition coefficient (Wildman–Crippen LogP) is 2.91. The molecule has 0 amide bonds. The Bertz CT molecular complexity index is 584. The van der Waals surface area contributed by atoms with Gasteiger partial charge in [0.2, 0.25) is 0 Å². The van der Waals surface area contributed by atoms with Gasteiger partial charge in [-0.15, -0.1) is 0 Å². The third-order valence-corrected chi connectivity index (χ3v) is 5.09. The molecule has 0 unspecified atom stereocenters. The van der Waals surface area contributed by atoms with Crippen LogP contribution in [-0.2, 0) is 10.6 Å². The molecule has 0 aliphatic carbocycles. The van der Waals surface area contributed by atoms with E-state index in [9.17, 15) is 20.2 Å². The van der Waals surface area contributed by atoms with Gasteiger partial charge in [0.25, 0.3) is 0 Å². The van der Waals surface area contributed by atoms with Crippen molar-refractivity contribution in [1.82, 2.24) is 0 Å². The van der Waals surface area contributed by atoms with E-state index >= 15 is 0 Å². The van der Waals surface area contributed by atoms with E-state index in [1.807, 2.05) is 0 Å². The third-order valence-electron chi connectivity index (χ3n) is 2.83. The number of benzene rings is 2. The first-order valence-electron chi connectivity index (χ1n) is 6.10. The van der Waals surface area contributed by atoms with Crippen LogP contribution in [0.4, 0.5) is 11.4 Å². The minimum absolute atomic E-state index is 0.0987. The van der Waals surface area contributed by atoms with E-state index in [-0.39, 0.29) is 11.4 Å². The normalized spacial score (nSPS) is 10.3. The Balaban J connectivity index is 1.86. The van der Waals surface area contributed by atoms with Crippen LogP contribution in [0.3, 0.4) is 0 Å². The fraction of sp³-hybridized carbons (Fsp3) is 0.143. The summed E-state index contributed by atoms with van der Waals surface area (Å²) in [5.41, 5.74) is 2.34.